The molecule has 2 heterocycles. The second kappa shape index (κ2) is 6.72. The Balaban J connectivity index is 2.06. The number of sulfone groups is 1. The first-order valence-electron chi connectivity index (χ1n) is 7.24. The standard InChI is InChI=1S/C14H24N4O2S/c1-12(10-15)11-17-6-8-18(9-7-17)14-13(21(2,19)20)4-3-5-16-14/h3-5,12H,6-11,15H2,1-2H3. The highest BCUT2D eigenvalue weighted by Gasteiger charge is 2.23. The molecule has 21 heavy (non-hydrogen) atoms. The van der Waals surface area contributed by atoms with Crippen molar-refractivity contribution in [3.05, 3.63) is 18.3 Å². The van der Waals surface area contributed by atoms with Crippen LogP contribution in [0.15, 0.2) is 23.2 Å². The van der Waals surface area contributed by atoms with E-state index in [9.17, 15) is 8.42 Å². The van der Waals surface area contributed by atoms with Gasteiger partial charge in [0.15, 0.2) is 9.84 Å². The van der Waals surface area contributed by atoms with Crippen molar-refractivity contribution in [2.75, 3.05) is 50.4 Å². The Morgan fingerprint density at radius 3 is 2.57 bits per heavy atom. The van der Waals surface area contributed by atoms with Crippen LogP contribution in [0.4, 0.5) is 5.82 Å². The molecule has 6 nitrogen and oxygen atoms in total. The summed E-state index contributed by atoms with van der Waals surface area (Å²) in [6.45, 7) is 7.22. The highest BCUT2D eigenvalue weighted by molar-refractivity contribution is 7.90. The van der Waals surface area contributed by atoms with Crippen LogP contribution in [0.25, 0.3) is 0 Å². The van der Waals surface area contributed by atoms with Gasteiger partial charge in [-0.25, -0.2) is 13.4 Å². The number of pyridine rings is 1. The van der Waals surface area contributed by atoms with Crippen molar-refractivity contribution in [1.82, 2.24) is 9.88 Å². The van der Waals surface area contributed by atoms with E-state index >= 15 is 0 Å². The third-order valence-electron chi connectivity index (χ3n) is 3.79. The summed E-state index contributed by atoms with van der Waals surface area (Å²) >= 11 is 0. The van der Waals surface area contributed by atoms with E-state index in [1.807, 2.05) is 0 Å². The summed E-state index contributed by atoms with van der Waals surface area (Å²) in [5, 5.41) is 0. The van der Waals surface area contributed by atoms with E-state index in [1.165, 1.54) is 6.26 Å². The van der Waals surface area contributed by atoms with Gasteiger partial charge in [-0.1, -0.05) is 6.92 Å². The van der Waals surface area contributed by atoms with E-state index in [0.717, 1.165) is 32.7 Å². The molecule has 1 aliphatic rings. The molecule has 0 radical (unpaired) electrons. The summed E-state index contributed by atoms with van der Waals surface area (Å²) in [6.07, 6.45) is 2.87. The van der Waals surface area contributed by atoms with Gasteiger partial charge in [0.2, 0.25) is 0 Å². The van der Waals surface area contributed by atoms with E-state index in [2.05, 4.69) is 21.7 Å². The SMILES string of the molecule is CC(CN)CN1CCN(c2ncccc2S(C)(=O)=O)CC1. The van der Waals surface area contributed by atoms with Gasteiger partial charge in [-0.05, 0) is 24.6 Å². The van der Waals surface area contributed by atoms with Crippen molar-refractivity contribution >= 4 is 15.7 Å². The van der Waals surface area contributed by atoms with Crippen LogP contribution in [0.2, 0.25) is 0 Å². The second-order valence-electron chi connectivity index (χ2n) is 5.73. The van der Waals surface area contributed by atoms with Crippen molar-refractivity contribution in [3.8, 4) is 0 Å². The number of anilines is 1. The molecule has 118 valence electrons. The van der Waals surface area contributed by atoms with Gasteiger partial charge in [-0.15, -0.1) is 0 Å². The van der Waals surface area contributed by atoms with E-state index in [-0.39, 0.29) is 0 Å². The van der Waals surface area contributed by atoms with Gasteiger partial charge in [0.1, 0.15) is 10.7 Å². The first-order chi connectivity index (χ1) is 9.91. The lowest BCUT2D eigenvalue weighted by atomic mass is 10.1. The Hall–Kier alpha value is -1.18. The van der Waals surface area contributed by atoms with Crippen molar-refractivity contribution in [2.45, 2.75) is 11.8 Å². The van der Waals surface area contributed by atoms with Crippen molar-refractivity contribution in [1.29, 1.82) is 0 Å². The Bertz CT molecular complexity index is 568. The Morgan fingerprint density at radius 1 is 1.33 bits per heavy atom. The van der Waals surface area contributed by atoms with E-state index < -0.39 is 9.84 Å². The first-order valence-corrected chi connectivity index (χ1v) is 9.13. The Morgan fingerprint density at radius 2 is 2.00 bits per heavy atom. The largest absolute Gasteiger partial charge is 0.353 e. The number of piperazine rings is 1. The predicted octanol–water partition coefficient (Wildman–Crippen LogP) is 0.202. The topological polar surface area (TPSA) is 79.5 Å². The molecule has 0 aromatic carbocycles. The van der Waals surface area contributed by atoms with Gasteiger partial charge >= 0.3 is 0 Å². The fourth-order valence-corrected chi connectivity index (χ4v) is 3.41. The summed E-state index contributed by atoms with van der Waals surface area (Å²) in [4.78, 5) is 9.02. The molecule has 1 aliphatic heterocycles. The summed E-state index contributed by atoms with van der Waals surface area (Å²) in [5.41, 5.74) is 5.66. The third-order valence-corrected chi connectivity index (χ3v) is 4.91. The molecule has 0 bridgehead atoms. The Labute approximate surface area is 126 Å². The second-order valence-corrected chi connectivity index (χ2v) is 7.71. The number of aromatic nitrogens is 1. The van der Waals surface area contributed by atoms with Gasteiger partial charge in [-0.3, -0.25) is 4.90 Å². The fourth-order valence-electron chi connectivity index (χ4n) is 2.57. The molecular weight excluding hydrogens is 288 g/mol. The normalized spacial score (nSPS) is 18.7. The molecule has 1 aromatic heterocycles. The predicted molar refractivity (Wildman–Crippen MR) is 84.2 cm³/mol. The highest BCUT2D eigenvalue weighted by Crippen LogP contribution is 2.23. The van der Waals surface area contributed by atoms with Crippen LogP contribution < -0.4 is 10.6 Å². The van der Waals surface area contributed by atoms with Crippen molar-refractivity contribution < 1.29 is 8.42 Å². The van der Waals surface area contributed by atoms with Gasteiger partial charge in [-0.2, -0.15) is 0 Å². The lowest BCUT2D eigenvalue weighted by Crippen LogP contribution is -2.48. The van der Waals surface area contributed by atoms with Gasteiger partial charge < -0.3 is 10.6 Å². The monoisotopic (exact) mass is 312 g/mol. The summed E-state index contributed by atoms with van der Waals surface area (Å²) in [6, 6.07) is 3.29. The van der Waals surface area contributed by atoms with Crippen LogP contribution in [-0.2, 0) is 9.84 Å². The van der Waals surface area contributed by atoms with Crippen LogP contribution in [0.3, 0.4) is 0 Å². The first kappa shape index (κ1) is 16.2. The van der Waals surface area contributed by atoms with Crippen molar-refractivity contribution in [2.24, 2.45) is 11.7 Å². The maximum atomic E-state index is 11.9. The minimum absolute atomic E-state index is 0.314. The van der Waals surface area contributed by atoms with Crippen molar-refractivity contribution in [3.63, 3.8) is 0 Å². The number of rotatable bonds is 5. The molecule has 0 aliphatic carbocycles. The van der Waals surface area contributed by atoms with Crippen LogP contribution in [0, 0.1) is 5.92 Å². The number of hydrogen-bond acceptors (Lipinski definition) is 6. The molecule has 1 aromatic rings. The quantitative estimate of drug-likeness (QED) is 0.837. The summed E-state index contributed by atoms with van der Waals surface area (Å²) in [5.74, 6) is 1.06. The zero-order valence-electron chi connectivity index (χ0n) is 12.7. The molecule has 2 N–H and O–H groups in total. The van der Waals surface area contributed by atoms with Crippen LogP contribution in [0.1, 0.15) is 6.92 Å². The third kappa shape index (κ3) is 4.15. The number of hydrogen-bond donors (Lipinski definition) is 1. The van der Waals surface area contributed by atoms with E-state index in [4.69, 9.17) is 5.73 Å². The molecule has 1 unspecified atom stereocenters. The average Bonchev–Trinajstić information content (AvgIpc) is 2.47. The summed E-state index contributed by atoms with van der Waals surface area (Å²) < 4.78 is 23.7. The van der Waals surface area contributed by atoms with Crippen LogP contribution in [-0.4, -0.2) is 63.8 Å². The lowest BCUT2D eigenvalue weighted by Gasteiger charge is -2.36. The van der Waals surface area contributed by atoms with Gasteiger partial charge in [0.25, 0.3) is 0 Å². The molecule has 0 spiro atoms. The van der Waals surface area contributed by atoms with E-state index in [1.54, 1.807) is 18.3 Å². The molecule has 7 heteroatoms. The average molecular weight is 312 g/mol. The minimum Gasteiger partial charge on any atom is -0.353 e. The molecule has 1 fully saturated rings. The maximum absolute atomic E-state index is 11.9. The molecule has 2 rings (SSSR count). The fraction of sp³-hybridized carbons (Fsp3) is 0.643. The van der Waals surface area contributed by atoms with Crippen LogP contribution in [0.5, 0.6) is 0 Å². The van der Waals surface area contributed by atoms with E-state index in [0.29, 0.717) is 23.2 Å². The summed E-state index contributed by atoms with van der Waals surface area (Å²) in [7, 11) is -3.25. The molecule has 1 saturated heterocycles. The number of nitrogens with zero attached hydrogens (tertiary/aromatic N) is 3. The Kier molecular flexibility index (Phi) is 5.18. The number of nitrogens with two attached hydrogens (primary N) is 1. The maximum Gasteiger partial charge on any atom is 0.179 e. The highest BCUT2D eigenvalue weighted by atomic mass is 32.2. The lowest BCUT2D eigenvalue weighted by molar-refractivity contribution is 0.226. The van der Waals surface area contributed by atoms with Crippen LogP contribution >= 0.6 is 0 Å². The molecular formula is C14H24N4O2S. The smallest absolute Gasteiger partial charge is 0.179 e. The molecule has 0 amide bonds. The minimum atomic E-state index is -3.25. The zero-order chi connectivity index (χ0) is 15.5. The molecule has 0 saturated carbocycles. The van der Waals surface area contributed by atoms with Gasteiger partial charge in [0.05, 0.1) is 0 Å². The zero-order valence-corrected chi connectivity index (χ0v) is 13.5. The molecule has 1 atom stereocenters. The van der Waals surface area contributed by atoms with Gasteiger partial charge in [0, 0.05) is 45.2 Å².